The number of ether oxygens (including phenoxy) is 2. The van der Waals surface area contributed by atoms with Gasteiger partial charge in [0.15, 0.2) is 6.29 Å². The molecule has 1 N–H and O–H groups in total. The monoisotopic (exact) mass is 379 g/mol. The maximum Gasteiger partial charge on any atom is 0.158 e. The number of hydrogen-bond acceptors (Lipinski definition) is 4. The van der Waals surface area contributed by atoms with Crippen LogP contribution in [-0.4, -0.2) is 49.1 Å². The highest BCUT2D eigenvalue weighted by atomic mass is 16.7. The Kier molecular flexibility index (Phi) is 4.76. The van der Waals surface area contributed by atoms with Crippen LogP contribution in [-0.2, 0) is 15.1 Å². The Morgan fingerprint density at radius 2 is 1.43 bits per heavy atom. The van der Waals surface area contributed by atoms with Crippen molar-refractivity contribution in [2.24, 2.45) is 11.3 Å². The zero-order chi connectivity index (χ0) is 19.0. The van der Waals surface area contributed by atoms with Gasteiger partial charge in [0.05, 0.1) is 13.2 Å². The molecule has 1 atom stereocenters. The highest BCUT2D eigenvalue weighted by Crippen LogP contribution is 2.59. The minimum Gasteiger partial charge on any atom is -0.380 e. The number of benzene rings is 2. The standard InChI is InChI=1S/C24H29NO3/c26-24(19-7-3-1-4-8-19,20-9-5-2-6-10-20)23-11-13-25(14-12-23)18-21(23)17-22-27-15-16-28-22/h1-10,21-22,26H,11-18H2. The van der Waals surface area contributed by atoms with Gasteiger partial charge in [0.25, 0.3) is 0 Å². The maximum atomic E-state index is 12.6. The molecule has 4 aliphatic rings. The molecule has 4 heteroatoms. The van der Waals surface area contributed by atoms with Gasteiger partial charge < -0.3 is 19.5 Å². The van der Waals surface area contributed by atoms with E-state index in [-0.39, 0.29) is 11.7 Å². The van der Waals surface area contributed by atoms with Gasteiger partial charge >= 0.3 is 0 Å². The van der Waals surface area contributed by atoms with E-state index in [4.69, 9.17) is 9.47 Å². The Morgan fingerprint density at radius 3 is 1.96 bits per heavy atom. The molecule has 4 heterocycles. The summed E-state index contributed by atoms with van der Waals surface area (Å²) in [4.78, 5) is 2.54. The predicted octanol–water partition coefficient (Wildman–Crippen LogP) is 3.40. The molecule has 4 aliphatic heterocycles. The van der Waals surface area contributed by atoms with Crippen LogP contribution in [0.4, 0.5) is 0 Å². The summed E-state index contributed by atoms with van der Waals surface area (Å²) >= 11 is 0. The molecule has 0 aromatic heterocycles. The Hall–Kier alpha value is -1.72. The average Bonchev–Trinajstić information content (AvgIpc) is 3.28. The molecule has 0 radical (unpaired) electrons. The van der Waals surface area contributed by atoms with Gasteiger partial charge in [-0.2, -0.15) is 0 Å². The molecule has 4 saturated heterocycles. The van der Waals surface area contributed by atoms with Crippen molar-refractivity contribution in [1.82, 2.24) is 4.90 Å². The summed E-state index contributed by atoms with van der Waals surface area (Å²) in [6.45, 7) is 4.45. The molecule has 0 spiro atoms. The zero-order valence-electron chi connectivity index (χ0n) is 16.3. The molecular weight excluding hydrogens is 350 g/mol. The lowest BCUT2D eigenvalue weighted by atomic mass is 9.52. The second kappa shape index (κ2) is 7.27. The summed E-state index contributed by atoms with van der Waals surface area (Å²) in [5, 5.41) is 12.6. The molecular formula is C24H29NO3. The van der Waals surface area contributed by atoms with Crippen LogP contribution < -0.4 is 0 Å². The predicted molar refractivity (Wildman–Crippen MR) is 108 cm³/mol. The quantitative estimate of drug-likeness (QED) is 0.865. The molecule has 4 fully saturated rings. The van der Waals surface area contributed by atoms with Gasteiger partial charge in [-0.3, -0.25) is 0 Å². The van der Waals surface area contributed by atoms with Gasteiger partial charge in [-0.25, -0.2) is 0 Å². The van der Waals surface area contributed by atoms with E-state index < -0.39 is 5.60 Å². The van der Waals surface area contributed by atoms with Crippen LogP contribution in [0.2, 0.25) is 0 Å². The number of piperidine rings is 3. The highest BCUT2D eigenvalue weighted by Gasteiger charge is 2.60. The molecule has 6 rings (SSSR count). The third-order valence-corrected chi connectivity index (χ3v) is 7.28. The molecule has 148 valence electrons. The highest BCUT2D eigenvalue weighted by molar-refractivity contribution is 5.40. The van der Waals surface area contributed by atoms with E-state index in [1.165, 1.54) is 0 Å². The Morgan fingerprint density at radius 1 is 0.893 bits per heavy atom. The topological polar surface area (TPSA) is 41.9 Å². The van der Waals surface area contributed by atoms with E-state index in [0.717, 1.165) is 50.0 Å². The SMILES string of the molecule is OC(c1ccccc1)(c1ccccc1)C12CCN(CC1)CC2CC1OCCO1. The minimum absolute atomic E-state index is 0.141. The average molecular weight is 380 g/mol. The summed E-state index contributed by atoms with van der Waals surface area (Å²) in [6.07, 6.45) is 2.69. The van der Waals surface area contributed by atoms with E-state index in [9.17, 15) is 5.11 Å². The van der Waals surface area contributed by atoms with Crippen LogP contribution in [0, 0.1) is 11.3 Å². The second-order valence-electron chi connectivity index (χ2n) is 8.50. The Balaban J connectivity index is 1.63. The van der Waals surface area contributed by atoms with E-state index in [0.29, 0.717) is 19.1 Å². The first-order valence-electron chi connectivity index (χ1n) is 10.5. The lowest BCUT2D eigenvalue weighted by Gasteiger charge is -2.61. The van der Waals surface area contributed by atoms with Gasteiger partial charge in [-0.15, -0.1) is 0 Å². The van der Waals surface area contributed by atoms with Crippen molar-refractivity contribution in [2.45, 2.75) is 31.2 Å². The van der Waals surface area contributed by atoms with Crippen LogP contribution in [0.1, 0.15) is 30.4 Å². The third-order valence-electron chi connectivity index (χ3n) is 7.28. The van der Waals surface area contributed by atoms with E-state index in [1.54, 1.807) is 0 Å². The first-order chi connectivity index (χ1) is 13.7. The van der Waals surface area contributed by atoms with Gasteiger partial charge in [0.1, 0.15) is 5.60 Å². The lowest BCUT2D eigenvalue weighted by Crippen LogP contribution is -2.63. The molecule has 1 unspecified atom stereocenters. The van der Waals surface area contributed by atoms with Crippen molar-refractivity contribution in [3.63, 3.8) is 0 Å². The molecule has 4 nitrogen and oxygen atoms in total. The summed E-state index contributed by atoms with van der Waals surface area (Å²) in [7, 11) is 0. The fraction of sp³-hybridized carbons (Fsp3) is 0.500. The first-order valence-corrected chi connectivity index (χ1v) is 10.5. The van der Waals surface area contributed by atoms with Crippen LogP contribution >= 0.6 is 0 Å². The molecule has 2 aromatic carbocycles. The van der Waals surface area contributed by atoms with Crippen molar-refractivity contribution >= 4 is 0 Å². The van der Waals surface area contributed by atoms with Crippen molar-refractivity contribution in [3.8, 4) is 0 Å². The van der Waals surface area contributed by atoms with Crippen molar-refractivity contribution in [2.75, 3.05) is 32.8 Å². The molecule has 0 saturated carbocycles. The number of nitrogens with zero attached hydrogens (tertiary/aromatic N) is 1. The smallest absolute Gasteiger partial charge is 0.158 e. The summed E-state index contributed by atoms with van der Waals surface area (Å²) < 4.78 is 11.6. The number of rotatable bonds is 5. The second-order valence-corrected chi connectivity index (χ2v) is 8.50. The zero-order valence-corrected chi connectivity index (χ0v) is 16.3. The van der Waals surface area contributed by atoms with Crippen LogP contribution in [0.5, 0.6) is 0 Å². The van der Waals surface area contributed by atoms with E-state index in [1.807, 2.05) is 36.4 Å². The van der Waals surface area contributed by atoms with E-state index >= 15 is 0 Å². The molecule has 2 bridgehead atoms. The number of fused-ring (bicyclic) bond motifs is 3. The van der Waals surface area contributed by atoms with Crippen LogP contribution in [0.25, 0.3) is 0 Å². The van der Waals surface area contributed by atoms with Crippen LogP contribution in [0.3, 0.4) is 0 Å². The van der Waals surface area contributed by atoms with Crippen molar-refractivity contribution in [1.29, 1.82) is 0 Å². The Bertz CT molecular complexity index is 741. The van der Waals surface area contributed by atoms with Crippen LogP contribution in [0.15, 0.2) is 60.7 Å². The van der Waals surface area contributed by atoms with Crippen molar-refractivity contribution < 1.29 is 14.6 Å². The number of aliphatic hydroxyl groups is 1. The maximum absolute atomic E-state index is 12.6. The summed E-state index contributed by atoms with van der Waals surface area (Å²) in [5.74, 6) is 0.323. The van der Waals surface area contributed by atoms with Gasteiger partial charge in [-0.05, 0) is 43.0 Å². The molecule has 28 heavy (non-hydrogen) atoms. The largest absolute Gasteiger partial charge is 0.380 e. The fourth-order valence-corrected chi connectivity index (χ4v) is 5.86. The van der Waals surface area contributed by atoms with E-state index in [2.05, 4.69) is 29.2 Å². The first kappa shape index (κ1) is 18.3. The minimum atomic E-state index is -1.02. The lowest BCUT2D eigenvalue weighted by molar-refractivity contribution is -0.181. The molecule has 2 aromatic rings. The Labute approximate surface area is 167 Å². The van der Waals surface area contributed by atoms with Gasteiger partial charge in [0, 0.05) is 18.4 Å². The van der Waals surface area contributed by atoms with Crippen molar-refractivity contribution in [3.05, 3.63) is 71.8 Å². The molecule has 0 amide bonds. The molecule has 0 aliphatic carbocycles. The normalized spacial score (nSPS) is 30.6. The summed E-state index contributed by atoms with van der Waals surface area (Å²) in [6, 6.07) is 20.5. The number of hydrogen-bond donors (Lipinski definition) is 1. The van der Waals surface area contributed by atoms with Gasteiger partial charge in [-0.1, -0.05) is 60.7 Å². The third kappa shape index (κ3) is 2.82. The van der Waals surface area contributed by atoms with Gasteiger partial charge in [0.2, 0.25) is 0 Å². The fourth-order valence-electron chi connectivity index (χ4n) is 5.86. The summed E-state index contributed by atoms with van der Waals surface area (Å²) in [5.41, 5.74) is 0.745.